The average Bonchev–Trinajstić information content (AvgIpc) is 2.60. The molecule has 2 aromatic rings. The first-order chi connectivity index (χ1) is 11.8. The fraction of sp³-hybridized carbons (Fsp3) is 0.188. The largest absolute Gasteiger partial charge is 0.496 e. The fourth-order valence-electron chi connectivity index (χ4n) is 2.03. The Labute approximate surface area is 143 Å². The molecular weight excluding hydrogens is 356 g/mol. The van der Waals surface area contributed by atoms with Gasteiger partial charge in [-0.3, -0.25) is 0 Å². The molecule has 25 heavy (non-hydrogen) atoms. The summed E-state index contributed by atoms with van der Waals surface area (Å²) in [6.45, 7) is -0.373. The van der Waals surface area contributed by atoms with Crippen LogP contribution in [-0.2, 0) is 21.4 Å². The van der Waals surface area contributed by atoms with Crippen LogP contribution in [0.3, 0.4) is 0 Å². The fourth-order valence-corrected chi connectivity index (χ4v) is 2.78. The van der Waals surface area contributed by atoms with Gasteiger partial charge in [-0.25, -0.2) is 26.7 Å². The van der Waals surface area contributed by atoms with E-state index in [4.69, 9.17) is 9.47 Å². The molecule has 0 atom stereocenters. The van der Waals surface area contributed by atoms with Crippen molar-refractivity contribution in [1.29, 1.82) is 0 Å². The van der Waals surface area contributed by atoms with Gasteiger partial charge in [-0.05, 0) is 43.4 Å². The summed E-state index contributed by atoms with van der Waals surface area (Å²) < 4.78 is 62.7. The van der Waals surface area contributed by atoms with Gasteiger partial charge in [-0.2, -0.15) is 0 Å². The third-order valence-electron chi connectivity index (χ3n) is 3.34. The van der Waals surface area contributed by atoms with E-state index in [2.05, 4.69) is 4.72 Å². The van der Waals surface area contributed by atoms with Crippen molar-refractivity contribution in [3.8, 4) is 5.75 Å². The molecule has 9 heteroatoms. The number of nitrogens with one attached hydrogen (secondary N) is 1. The first-order valence-corrected chi connectivity index (χ1v) is 8.49. The molecule has 0 aliphatic heterocycles. The summed E-state index contributed by atoms with van der Waals surface area (Å²) in [7, 11) is -1.30. The van der Waals surface area contributed by atoms with E-state index < -0.39 is 33.2 Å². The Morgan fingerprint density at radius 3 is 2.52 bits per heavy atom. The van der Waals surface area contributed by atoms with Crippen molar-refractivity contribution in [3.05, 3.63) is 59.2 Å². The summed E-state index contributed by atoms with van der Waals surface area (Å²) in [6, 6.07) is 6.39. The van der Waals surface area contributed by atoms with E-state index in [0.29, 0.717) is 5.75 Å². The zero-order chi connectivity index (χ0) is 18.6. The van der Waals surface area contributed by atoms with Gasteiger partial charge in [0, 0.05) is 5.56 Å². The van der Waals surface area contributed by atoms with Crippen molar-refractivity contribution in [2.24, 2.45) is 0 Å². The number of hydrogen-bond acceptors (Lipinski definition) is 5. The lowest BCUT2D eigenvalue weighted by Crippen LogP contribution is -2.19. The molecule has 0 bridgehead atoms. The average molecular weight is 371 g/mol. The second-order valence-corrected chi connectivity index (χ2v) is 6.77. The summed E-state index contributed by atoms with van der Waals surface area (Å²) >= 11 is 0. The van der Waals surface area contributed by atoms with E-state index in [9.17, 15) is 22.0 Å². The molecule has 0 aliphatic rings. The Morgan fingerprint density at radius 2 is 1.88 bits per heavy atom. The molecule has 0 fully saturated rings. The molecule has 0 radical (unpaired) electrons. The molecule has 0 saturated heterocycles. The summed E-state index contributed by atoms with van der Waals surface area (Å²) in [5, 5.41) is 0. The minimum Gasteiger partial charge on any atom is -0.496 e. The highest BCUT2D eigenvalue weighted by Gasteiger charge is 2.20. The number of sulfonamides is 1. The highest BCUT2D eigenvalue weighted by molar-refractivity contribution is 7.89. The molecule has 134 valence electrons. The van der Waals surface area contributed by atoms with Crippen LogP contribution in [0.25, 0.3) is 0 Å². The zero-order valence-corrected chi connectivity index (χ0v) is 14.2. The topological polar surface area (TPSA) is 81.7 Å². The molecule has 2 rings (SSSR count). The van der Waals surface area contributed by atoms with Crippen LogP contribution < -0.4 is 9.46 Å². The van der Waals surface area contributed by atoms with Gasteiger partial charge < -0.3 is 9.47 Å². The maximum absolute atomic E-state index is 13.8. The maximum Gasteiger partial charge on any atom is 0.341 e. The number of benzene rings is 2. The van der Waals surface area contributed by atoms with Crippen LogP contribution in [0.5, 0.6) is 5.75 Å². The summed E-state index contributed by atoms with van der Waals surface area (Å²) in [6.07, 6.45) is 0. The third-order valence-corrected chi connectivity index (χ3v) is 4.75. The lowest BCUT2D eigenvalue weighted by molar-refractivity contribution is 0.0464. The van der Waals surface area contributed by atoms with Gasteiger partial charge in [0.2, 0.25) is 10.0 Å². The second-order valence-electron chi connectivity index (χ2n) is 4.88. The highest BCUT2D eigenvalue weighted by atomic mass is 32.2. The Bertz CT molecular complexity index is 899. The predicted molar refractivity (Wildman–Crippen MR) is 84.7 cm³/mol. The Morgan fingerprint density at radius 1 is 1.16 bits per heavy atom. The normalized spacial score (nSPS) is 11.2. The van der Waals surface area contributed by atoms with Crippen molar-refractivity contribution in [2.45, 2.75) is 11.5 Å². The summed E-state index contributed by atoms with van der Waals surface area (Å²) in [5.41, 5.74) is -0.304. The zero-order valence-electron chi connectivity index (χ0n) is 13.4. The van der Waals surface area contributed by atoms with Gasteiger partial charge in [0.05, 0.1) is 17.6 Å². The van der Waals surface area contributed by atoms with E-state index in [0.717, 1.165) is 24.3 Å². The number of halogens is 2. The van der Waals surface area contributed by atoms with Gasteiger partial charge in [-0.1, -0.05) is 0 Å². The Hall–Kier alpha value is -2.52. The van der Waals surface area contributed by atoms with Crippen LogP contribution in [0.1, 0.15) is 15.9 Å². The first-order valence-electron chi connectivity index (χ1n) is 7.01. The minimum absolute atomic E-state index is 0.246. The van der Waals surface area contributed by atoms with Gasteiger partial charge >= 0.3 is 5.97 Å². The number of rotatable bonds is 6. The summed E-state index contributed by atoms with van der Waals surface area (Å²) in [5.74, 6) is -2.29. The van der Waals surface area contributed by atoms with E-state index >= 15 is 0 Å². The minimum atomic E-state index is -3.85. The molecule has 0 aromatic heterocycles. The third kappa shape index (κ3) is 4.31. The number of ether oxygens (including phenoxy) is 2. The van der Waals surface area contributed by atoms with Gasteiger partial charge in [-0.15, -0.1) is 0 Å². The van der Waals surface area contributed by atoms with Crippen LogP contribution in [0.2, 0.25) is 0 Å². The lowest BCUT2D eigenvalue weighted by atomic mass is 10.2. The van der Waals surface area contributed by atoms with Crippen molar-refractivity contribution < 1.29 is 31.5 Å². The van der Waals surface area contributed by atoms with Gasteiger partial charge in [0.1, 0.15) is 24.0 Å². The standard InChI is InChI=1S/C16H15F2NO5S/c1-19-25(21,22)12-4-5-14(18)13(8-12)16(20)24-9-10-7-11(17)3-6-15(10)23-2/h3-8,19H,9H2,1-2H3. The lowest BCUT2D eigenvalue weighted by Gasteiger charge is -2.10. The van der Waals surface area contributed by atoms with Gasteiger partial charge in [0.15, 0.2) is 0 Å². The Balaban J connectivity index is 2.24. The van der Waals surface area contributed by atoms with Crippen LogP contribution in [0.15, 0.2) is 41.3 Å². The van der Waals surface area contributed by atoms with Crippen LogP contribution >= 0.6 is 0 Å². The number of carbonyl (C=O) groups excluding carboxylic acids is 1. The van der Waals surface area contributed by atoms with E-state index in [1.54, 1.807) is 0 Å². The molecule has 6 nitrogen and oxygen atoms in total. The monoisotopic (exact) mass is 371 g/mol. The number of esters is 1. The molecule has 0 saturated carbocycles. The molecule has 0 heterocycles. The SMILES string of the molecule is CNS(=O)(=O)c1ccc(F)c(C(=O)OCc2cc(F)ccc2OC)c1. The maximum atomic E-state index is 13.8. The highest BCUT2D eigenvalue weighted by Crippen LogP contribution is 2.22. The van der Waals surface area contributed by atoms with Crippen molar-refractivity contribution >= 4 is 16.0 Å². The number of methoxy groups -OCH3 is 1. The molecule has 0 spiro atoms. The smallest absolute Gasteiger partial charge is 0.341 e. The number of hydrogen-bond donors (Lipinski definition) is 1. The van der Waals surface area contributed by atoms with E-state index in [-0.39, 0.29) is 17.1 Å². The molecule has 0 unspecified atom stereocenters. The Kier molecular flexibility index (Phi) is 5.70. The molecular formula is C16H15F2NO5S. The van der Waals surface area contributed by atoms with Crippen molar-refractivity contribution in [2.75, 3.05) is 14.2 Å². The molecule has 0 aliphatic carbocycles. The van der Waals surface area contributed by atoms with E-state index in [1.165, 1.54) is 26.3 Å². The van der Waals surface area contributed by atoms with Crippen molar-refractivity contribution in [3.63, 3.8) is 0 Å². The van der Waals surface area contributed by atoms with Crippen molar-refractivity contribution in [1.82, 2.24) is 4.72 Å². The predicted octanol–water partition coefficient (Wildman–Crippen LogP) is 2.24. The second kappa shape index (κ2) is 7.58. The summed E-state index contributed by atoms with van der Waals surface area (Å²) in [4.78, 5) is 11.8. The van der Waals surface area contributed by atoms with Crippen LogP contribution in [0, 0.1) is 11.6 Å². The van der Waals surface area contributed by atoms with Crippen LogP contribution in [-0.4, -0.2) is 28.5 Å². The number of carbonyl (C=O) groups is 1. The molecule has 2 aromatic carbocycles. The quantitative estimate of drug-likeness (QED) is 0.788. The molecule has 1 N–H and O–H groups in total. The van der Waals surface area contributed by atoms with E-state index in [1.807, 2.05) is 0 Å². The first kappa shape index (κ1) is 18.8. The molecule has 0 amide bonds. The van der Waals surface area contributed by atoms with Crippen LogP contribution in [0.4, 0.5) is 8.78 Å². The van der Waals surface area contributed by atoms with Gasteiger partial charge in [0.25, 0.3) is 0 Å².